The topological polar surface area (TPSA) is 135 Å². The number of rotatable bonds is 9. The molecular formula is C26H32ClF2N5O6. The number of nitrogens with zero attached hydrogens (tertiary/aromatic N) is 3. The number of aliphatic carboxylic acids is 1. The molecule has 0 spiro atoms. The molecule has 1 saturated heterocycles. The van der Waals surface area contributed by atoms with Crippen LogP contribution in [0.25, 0.3) is 0 Å². The highest BCUT2D eigenvalue weighted by molar-refractivity contribution is 6.30. The molecule has 1 saturated carbocycles. The average Bonchev–Trinajstić information content (AvgIpc) is 3.38. The number of carboxylic acids is 1. The molecule has 1 aliphatic carbocycles. The molecule has 14 heteroatoms. The highest BCUT2D eigenvalue weighted by Gasteiger charge is 2.55. The van der Waals surface area contributed by atoms with Crippen LogP contribution in [0, 0.1) is 0 Å². The number of ether oxygens (including phenoxy) is 2. The van der Waals surface area contributed by atoms with E-state index in [1.54, 1.807) is 10.9 Å². The Morgan fingerprint density at radius 2 is 1.85 bits per heavy atom. The third kappa shape index (κ3) is 5.71. The van der Waals surface area contributed by atoms with E-state index < -0.39 is 35.7 Å². The first-order chi connectivity index (χ1) is 18.9. The Morgan fingerprint density at radius 3 is 2.42 bits per heavy atom. The molecule has 0 bridgehead atoms. The summed E-state index contributed by atoms with van der Waals surface area (Å²) in [5, 5.41) is 19.6. The number of alkyl carbamates (subject to hydrolysis) is 1. The second kappa shape index (κ2) is 11.6. The van der Waals surface area contributed by atoms with Crippen molar-refractivity contribution in [1.82, 2.24) is 20.0 Å². The molecular weight excluding hydrogens is 552 g/mol. The summed E-state index contributed by atoms with van der Waals surface area (Å²) >= 11 is 5.97. The summed E-state index contributed by atoms with van der Waals surface area (Å²) in [5.41, 5.74) is -1.68. The second-order valence-corrected chi connectivity index (χ2v) is 10.9. The number of likely N-dealkylation sites (tertiary alicyclic amines) is 1. The number of benzene rings is 1. The predicted molar refractivity (Wildman–Crippen MR) is 141 cm³/mol. The fourth-order valence-corrected chi connectivity index (χ4v) is 5.68. The van der Waals surface area contributed by atoms with E-state index in [-0.39, 0.29) is 41.3 Å². The Labute approximate surface area is 234 Å². The Bertz CT molecular complexity index is 1260. The fourth-order valence-electron chi connectivity index (χ4n) is 5.51. The smallest absolute Gasteiger partial charge is 0.407 e. The summed E-state index contributed by atoms with van der Waals surface area (Å²) in [6.07, 6.45) is 1.83. The number of carbonyl (C=O) groups excluding carboxylic acids is 2. The standard InChI is InChI=1S/C26H32ClF2N5O6/c1-15(2)19-6-9-30-34(19)26(21(35)31-18-5-4-16(27)12-20(18)40-23(28)29)7-10-33(11-8-26)17-13-25(14-17,22(36)37)32-24(38)39-3/h4-6,9,12,15,17,23H,7-8,10-11,13-14H2,1-3H3,(H,31,35)(H,32,38)(H,36,37). The van der Waals surface area contributed by atoms with Crippen LogP contribution in [0.4, 0.5) is 19.3 Å². The second-order valence-electron chi connectivity index (χ2n) is 10.4. The predicted octanol–water partition coefficient (Wildman–Crippen LogP) is 4.03. The van der Waals surface area contributed by atoms with E-state index >= 15 is 0 Å². The molecule has 2 aromatic rings. The van der Waals surface area contributed by atoms with Crippen LogP contribution in [0.2, 0.25) is 5.02 Å². The van der Waals surface area contributed by atoms with Gasteiger partial charge in [-0.2, -0.15) is 13.9 Å². The largest absolute Gasteiger partial charge is 0.480 e. The van der Waals surface area contributed by atoms with Crippen molar-refractivity contribution < 1.29 is 37.7 Å². The SMILES string of the molecule is COC(=O)NC1(C(=O)O)CC(N2CCC(C(=O)Nc3ccc(Cl)cc3OC(F)F)(n3nccc3C(C)C)CC2)C1. The summed E-state index contributed by atoms with van der Waals surface area (Å²) in [6, 6.07) is 5.79. The Kier molecular flexibility index (Phi) is 8.55. The van der Waals surface area contributed by atoms with E-state index in [1.807, 2.05) is 19.9 Å². The normalized spacial score (nSPS) is 22.4. The molecule has 1 aromatic carbocycles. The molecule has 2 fully saturated rings. The molecule has 218 valence electrons. The molecule has 4 rings (SSSR count). The van der Waals surface area contributed by atoms with E-state index in [1.165, 1.54) is 25.3 Å². The van der Waals surface area contributed by atoms with Crippen molar-refractivity contribution >= 4 is 35.3 Å². The maximum Gasteiger partial charge on any atom is 0.407 e. The van der Waals surface area contributed by atoms with E-state index in [0.717, 1.165) is 5.69 Å². The van der Waals surface area contributed by atoms with Crippen LogP contribution in [0.5, 0.6) is 5.75 Å². The van der Waals surface area contributed by atoms with Crippen molar-refractivity contribution in [2.75, 3.05) is 25.5 Å². The van der Waals surface area contributed by atoms with E-state index in [0.29, 0.717) is 25.9 Å². The summed E-state index contributed by atoms with van der Waals surface area (Å²) in [6.45, 7) is 1.72. The zero-order valence-electron chi connectivity index (χ0n) is 22.3. The zero-order chi connectivity index (χ0) is 29.2. The van der Waals surface area contributed by atoms with E-state index in [9.17, 15) is 28.3 Å². The number of hydrogen-bond acceptors (Lipinski definition) is 7. The number of amides is 2. The third-order valence-electron chi connectivity index (χ3n) is 7.75. The molecule has 0 radical (unpaired) electrons. The number of anilines is 1. The van der Waals surface area contributed by atoms with Crippen molar-refractivity contribution in [3.05, 3.63) is 41.2 Å². The summed E-state index contributed by atoms with van der Waals surface area (Å²) in [7, 11) is 1.17. The van der Waals surface area contributed by atoms with Gasteiger partial charge in [-0.25, -0.2) is 9.59 Å². The average molecular weight is 584 g/mol. The zero-order valence-corrected chi connectivity index (χ0v) is 23.1. The molecule has 0 atom stereocenters. The Balaban J connectivity index is 1.57. The van der Waals surface area contributed by atoms with Gasteiger partial charge in [0.1, 0.15) is 11.1 Å². The summed E-state index contributed by atoms with van der Waals surface area (Å²) < 4.78 is 37.0. The van der Waals surface area contributed by atoms with Crippen molar-refractivity contribution in [2.24, 2.45) is 0 Å². The van der Waals surface area contributed by atoms with Gasteiger partial charge >= 0.3 is 18.7 Å². The fraction of sp³-hybridized carbons (Fsp3) is 0.538. The van der Waals surface area contributed by atoms with Gasteiger partial charge in [0.15, 0.2) is 5.75 Å². The lowest BCUT2D eigenvalue weighted by molar-refractivity contribution is -0.152. The molecule has 11 nitrogen and oxygen atoms in total. The number of halogens is 3. The van der Waals surface area contributed by atoms with Crippen LogP contribution in [0.3, 0.4) is 0 Å². The molecule has 2 heterocycles. The third-order valence-corrected chi connectivity index (χ3v) is 7.98. The van der Waals surface area contributed by atoms with Crippen LogP contribution in [0.1, 0.15) is 51.1 Å². The van der Waals surface area contributed by atoms with Gasteiger partial charge in [0.05, 0.1) is 12.8 Å². The number of piperidine rings is 1. The van der Waals surface area contributed by atoms with E-state index in [4.69, 9.17) is 11.6 Å². The molecule has 2 amide bonds. The van der Waals surface area contributed by atoms with Crippen molar-refractivity contribution in [2.45, 2.75) is 69.2 Å². The molecule has 0 unspecified atom stereocenters. The number of alkyl halides is 2. The highest BCUT2D eigenvalue weighted by Crippen LogP contribution is 2.42. The lowest BCUT2D eigenvalue weighted by atomic mass is 9.70. The quantitative estimate of drug-likeness (QED) is 0.403. The van der Waals surface area contributed by atoms with Gasteiger partial charge in [-0.1, -0.05) is 25.4 Å². The highest BCUT2D eigenvalue weighted by atomic mass is 35.5. The van der Waals surface area contributed by atoms with Gasteiger partial charge in [0, 0.05) is 42.1 Å². The molecule has 1 aromatic heterocycles. The molecule has 3 N–H and O–H groups in total. The van der Waals surface area contributed by atoms with Crippen molar-refractivity contribution in [3.63, 3.8) is 0 Å². The number of aromatic nitrogens is 2. The van der Waals surface area contributed by atoms with Gasteiger partial charge in [-0.3, -0.25) is 14.4 Å². The van der Waals surface area contributed by atoms with Crippen LogP contribution >= 0.6 is 11.6 Å². The van der Waals surface area contributed by atoms with Crippen molar-refractivity contribution in [1.29, 1.82) is 0 Å². The first kappa shape index (κ1) is 29.5. The summed E-state index contributed by atoms with van der Waals surface area (Å²) in [4.78, 5) is 39.7. The van der Waals surface area contributed by atoms with Gasteiger partial charge in [-0.15, -0.1) is 0 Å². The number of nitrogens with one attached hydrogen (secondary N) is 2. The maximum atomic E-state index is 14.0. The van der Waals surface area contributed by atoms with Gasteiger partial charge in [-0.05, 0) is 49.8 Å². The lowest BCUT2D eigenvalue weighted by Crippen LogP contribution is -2.69. The number of carbonyl (C=O) groups is 3. The van der Waals surface area contributed by atoms with Crippen LogP contribution in [-0.4, -0.2) is 76.1 Å². The minimum absolute atomic E-state index is 0.0469. The van der Waals surface area contributed by atoms with Gasteiger partial charge in [0.2, 0.25) is 0 Å². The van der Waals surface area contributed by atoms with Crippen LogP contribution in [0.15, 0.2) is 30.5 Å². The first-order valence-corrected chi connectivity index (χ1v) is 13.2. The minimum atomic E-state index is -3.11. The molecule has 1 aliphatic heterocycles. The van der Waals surface area contributed by atoms with Crippen molar-refractivity contribution in [3.8, 4) is 5.75 Å². The lowest BCUT2D eigenvalue weighted by Gasteiger charge is -2.52. The van der Waals surface area contributed by atoms with Crippen LogP contribution < -0.4 is 15.4 Å². The maximum absolute atomic E-state index is 14.0. The minimum Gasteiger partial charge on any atom is -0.480 e. The monoisotopic (exact) mass is 583 g/mol. The van der Waals surface area contributed by atoms with Gasteiger partial charge < -0.3 is 25.2 Å². The number of carboxylic acid groups (broad SMARTS) is 1. The number of methoxy groups -OCH3 is 1. The van der Waals surface area contributed by atoms with Gasteiger partial charge in [0.25, 0.3) is 5.91 Å². The summed E-state index contributed by atoms with van der Waals surface area (Å²) in [5.74, 6) is -1.79. The number of hydrogen-bond donors (Lipinski definition) is 3. The Hall–Kier alpha value is -3.45. The molecule has 40 heavy (non-hydrogen) atoms. The molecule has 2 aliphatic rings. The van der Waals surface area contributed by atoms with E-state index in [2.05, 4.69) is 30.1 Å². The Morgan fingerprint density at radius 1 is 1.18 bits per heavy atom. The van der Waals surface area contributed by atoms with Crippen LogP contribution in [-0.2, 0) is 19.9 Å². The first-order valence-electron chi connectivity index (χ1n) is 12.8.